The molecule has 0 aliphatic carbocycles. The van der Waals surface area contributed by atoms with Crippen LogP contribution in [0.1, 0.15) is 33.0 Å². The first-order valence-corrected chi connectivity index (χ1v) is 5.26. The molecule has 1 heterocycles. The van der Waals surface area contributed by atoms with Crippen LogP contribution in [0.25, 0.3) is 0 Å². The topological polar surface area (TPSA) is 44.2 Å². The maximum absolute atomic E-state index is 5.01. The molecule has 15 heavy (non-hydrogen) atoms. The van der Waals surface area contributed by atoms with Crippen LogP contribution in [0.2, 0.25) is 0 Å². The average molecular weight is 212 g/mol. The fraction of sp³-hybridized carbons (Fsp3) is 0.636. The van der Waals surface area contributed by atoms with Crippen LogP contribution in [0, 0.1) is 0 Å². The minimum absolute atomic E-state index is 0.551. The van der Waals surface area contributed by atoms with Crippen LogP contribution >= 0.6 is 0 Å². The normalized spacial score (nSPS) is 8.87. The van der Waals surface area contributed by atoms with Crippen molar-refractivity contribution in [3.05, 3.63) is 11.9 Å². The molecule has 0 unspecified atom stereocenters. The van der Waals surface area contributed by atoms with Gasteiger partial charge in [0.1, 0.15) is 5.82 Å². The Morgan fingerprint density at radius 1 is 1.07 bits per heavy atom. The minimum atomic E-state index is 0.551. The van der Waals surface area contributed by atoms with Gasteiger partial charge in [0.25, 0.3) is 0 Å². The third kappa shape index (κ3) is 4.63. The second-order valence-corrected chi connectivity index (χ2v) is 2.62. The van der Waals surface area contributed by atoms with Gasteiger partial charge in [-0.2, -0.15) is 9.97 Å². The van der Waals surface area contributed by atoms with Crippen molar-refractivity contribution in [2.75, 3.05) is 14.2 Å². The van der Waals surface area contributed by atoms with Gasteiger partial charge in [-0.25, -0.2) is 0 Å². The first-order chi connectivity index (χ1) is 7.30. The predicted molar refractivity (Wildman–Crippen MR) is 60.5 cm³/mol. The summed E-state index contributed by atoms with van der Waals surface area (Å²) < 4.78 is 10.0. The van der Waals surface area contributed by atoms with Gasteiger partial charge in [0.2, 0.25) is 11.8 Å². The molecular formula is C11H20N2O2. The van der Waals surface area contributed by atoms with Crippen molar-refractivity contribution in [3.63, 3.8) is 0 Å². The number of rotatable bonds is 4. The molecule has 0 spiro atoms. The fourth-order valence-electron chi connectivity index (χ4n) is 0.994. The van der Waals surface area contributed by atoms with E-state index < -0.39 is 0 Å². The highest BCUT2D eigenvalue weighted by atomic mass is 16.5. The molecule has 4 heteroatoms. The molecule has 0 aliphatic heterocycles. The monoisotopic (exact) mass is 212 g/mol. The Kier molecular flexibility index (Phi) is 7.32. The van der Waals surface area contributed by atoms with Crippen molar-refractivity contribution in [2.45, 2.75) is 33.6 Å². The zero-order chi connectivity index (χ0) is 11.7. The van der Waals surface area contributed by atoms with E-state index in [2.05, 4.69) is 16.9 Å². The Hall–Kier alpha value is -1.32. The summed E-state index contributed by atoms with van der Waals surface area (Å²) in [4.78, 5) is 8.35. The molecule has 86 valence electrons. The Morgan fingerprint density at radius 3 is 1.87 bits per heavy atom. The number of aromatic nitrogens is 2. The highest BCUT2D eigenvalue weighted by Crippen LogP contribution is 2.15. The maximum atomic E-state index is 5.01. The number of hydrogen-bond acceptors (Lipinski definition) is 4. The van der Waals surface area contributed by atoms with E-state index >= 15 is 0 Å². The highest BCUT2D eigenvalue weighted by Gasteiger charge is 2.03. The van der Waals surface area contributed by atoms with Crippen LogP contribution in [0.4, 0.5) is 0 Å². The Bertz CT molecular complexity index is 255. The summed E-state index contributed by atoms with van der Waals surface area (Å²) in [6, 6.07) is 1.67. The van der Waals surface area contributed by atoms with Crippen molar-refractivity contribution in [2.24, 2.45) is 0 Å². The van der Waals surface area contributed by atoms with Gasteiger partial charge in [0.15, 0.2) is 0 Å². The summed E-state index contributed by atoms with van der Waals surface area (Å²) in [7, 11) is 3.16. The van der Waals surface area contributed by atoms with E-state index in [1.807, 2.05) is 13.8 Å². The standard InChI is InChI=1S/C9H14N2O2.C2H6/c1-4-5-7-10-8(12-2)6-9(11-7)13-3;1-2/h6H,4-5H2,1-3H3;1-2H3. The lowest BCUT2D eigenvalue weighted by atomic mass is 10.3. The van der Waals surface area contributed by atoms with Crippen LogP contribution in [0.15, 0.2) is 6.07 Å². The van der Waals surface area contributed by atoms with Gasteiger partial charge in [-0.1, -0.05) is 20.8 Å². The number of nitrogens with zero attached hydrogens (tertiary/aromatic N) is 2. The molecule has 0 aliphatic rings. The molecule has 0 atom stereocenters. The predicted octanol–water partition coefficient (Wildman–Crippen LogP) is 2.47. The number of methoxy groups -OCH3 is 2. The van der Waals surface area contributed by atoms with E-state index in [9.17, 15) is 0 Å². The second kappa shape index (κ2) is 8.03. The Balaban J connectivity index is 0.000000921. The molecule has 1 aromatic heterocycles. The van der Waals surface area contributed by atoms with E-state index in [1.54, 1.807) is 20.3 Å². The van der Waals surface area contributed by atoms with Crippen LogP contribution < -0.4 is 9.47 Å². The zero-order valence-electron chi connectivity index (χ0n) is 10.2. The van der Waals surface area contributed by atoms with Gasteiger partial charge in [-0.05, 0) is 6.42 Å². The lowest BCUT2D eigenvalue weighted by Gasteiger charge is -2.04. The molecule has 0 radical (unpaired) electrons. The van der Waals surface area contributed by atoms with Crippen molar-refractivity contribution in [1.82, 2.24) is 9.97 Å². The third-order valence-corrected chi connectivity index (χ3v) is 1.62. The molecule has 4 nitrogen and oxygen atoms in total. The molecule has 0 N–H and O–H groups in total. The summed E-state index contributed by atoms with van der Waals surface area (Å²) in [6.45, 7) is 6.08. The molecule has 0 saturated carbocycles. The molecule has 0 saturated heterocycles. The molecule has 0 amide bonds. The van der Waals surface area contributed by atoms with E-state index in [-0.39, 0.29) is 0 Å². The van der Waals surface area contributed by atoms with E-state index in [0.29, 0.717) is 11.8 Å². The molecule has 1 aromatic rings. The van der Waals surface area contributed by atoms with E-state index in [1.165, 1.54) is 0 Å². The van der Waals surface area contributed by atoms with Crippen molar-refractivity contribution in [1.29, 1.82) is 0 Å². The van der Waals surface area contributed by atoms with Crippen molar-refractivity contribution >= 4 is 0 Å². The quantitative estimate of drug-likeness (QED) is 0.769. The molecular weight excluding hydrogens is 192 g/mol. The van der Waals surface area contributed by atoms with Gasteiger partial charge < -0.3 is 9.47 Å². The van der Waals surface area contributed by atoms with Crippen LogP contribution in [0.3, 0.4) is 0 Å². The molecule has 1 rings (SSSR count). The summed E-state index contributed by atoms with van der Waals surface area (Å²) >= 11 is 0. The summed E-state index contributed by atoms with van der Waals surface area (Å²) in [5, 5.41) is 0. The van der Waals surface area contributed by atoms with Crippen molar-refractivity contribution in [3.8, 4) is 11.8 Å². The molecule has 0 aromatic carbocycles. The van der Waals surface area contributed by atoms with Gasteiger partial charge in [0.05, 0.1) is 20.3 Å². The first-order valence-electron chi connectivity index (χ1n) is 5.26. The van der Waals surface area contributed by atoms with Crippen molar-refractivity contribution < 1.29 is 9.47 Å². The van der Waals surface area contributed by atoms with Crippen LogP contribution in [-0.2, 0) is 6.42 Å². The zero-order valence-corrected chi connectivity index (χ0v) is 10.2. The van der Waals surface area contributed by atoms with Gasteiger partial charge in [0, 0.05) is 6.42 Å². The van der Waals surface area contributed by atoms with Gasteiger partial charge >= 0.3 is 0 Å². The van der Waals surface area contributed by atoms with Gasteiger partial charge in [-0.15, -0.1) is 0 Å². The third-order valence-electron chi connectivity index (χ3n) is 1.62. The van der Waals surface area contributed by atoms with E-state index in [0.717, 1.165) is 18.7 Å². The summed E-state index contributed by atoms with van der Waals surface area (Å²) in [5.74, 6) is 1.87. The highest BCUT2D eigenvalue weighted by molar-refractivity contribution is 5.20. The number of aryl methyl sites for hydroxylation is 1. The fourth-order valence-corrected chi connectivity index (χ4v) is 0.994. The maximum Gasteiger partial charge on any atom is 0.220 e. The molecule has 0 bridgehead atoms. The Labute approximate surface area is 91.7 Å². The largest absolute Gasteiger partial charge is 0.481 e. The average Bonchev–Trinajstić information content (AvgIpc) is 2.31. The van der Waals surface area contributed by atoms with E-state index in [4.69, 9.17) is 9.47 Å². The van der Waals surface area contributed by atoms with Gasteiger partial charge in [-0.3, -0.25) is 0 Å². The summed E-state index contributed by atoms with van der Waals surface area (Å²) in [6.07, 6.45) is 1.85. The smallest absolute Gasteiger partial charge is 0.220 e. The van der Waals surface area contributed by atoms with Crippen LogP contribution in [0.5, 0.6) is 11.8 Å². The molecule has 0 fully saturated rings. The first kappa shape index (κ1) is 13.7. The van der Waals surface area contributed by atoms with Crippen LogP contribution in [-0.4, -0.2) is 24.2 Å². The minimum Gasteiger partial charge on any atom is -0.481 e. The lowest BCUT2D eigenvalue weighted by Crippen LogP contribution is -1.99. The Morgan fingerprint density at radius 2 is 1.53 bits per heavy atom. The second-order valence-electron chi connectivity index (χ2n) is 2.62. The SMILES string of the molecule is CC.CCCc1nc(OC)cc(OC)n1. The lowest BCUT2D eigenvalue weighted by molar-refractivity contribution is 0.368. The summed E-state index contributed by atoms with van der Waals surface area (Å²) in [5.41, 5.74) is 0. The number of ether oxygens (including phenoxy) is 2. The number of hydrogen-bond donors (Lipinski definition) is 0.